The molecule has 0 saturated carbocycles. The van der Waals surface area contributed by atoms with Crippen molar-refractivity contribution in [1.82, 2.24) is 10.3 Å². The molecular formula is C11H13FN2O3. The number of amides is 1. The molecule has 0 radical (unpaired) electrons. The minimum atomic E-state index is -1.63. The fraction of sp³-hybridized carbons (Fsp3) is 0.364. The molecule has 1 aromatic rings. The van der Waals surface area contributed by atoms with Gasteiger partial charge < -0.3 is 10.4 Å². The number of carboxylic acids is 1. The molecule has 1 heterocycles. The number of carbonyl (C=O) groups excluding carboxylic acids is 1. The van der Waals surface area contributed by atoms with Gasteiger partial charge in [0.05, 0.1) is 6.20 Å². The van der Waals surface area contributed by atoms with Crippen LogP contribution in [0.15, 0.2) is 18.5 Å². The van der Waals surface area contributed by atoms with Crippen LogP contribution in [-0.2, 0) is 16.0 Å². The first-order valence-electron chi connectivity index (χ1n) is 4.95. The molecule has 0 aliphatic rings. The molecule has 6 heteroatoms. The third kappa shape index (κ3) is 2.77. The number of carboxylic acid groups (broad SMARTS) is 1. The highest BCUT2D eigenvalue weighted by Crippen LogP contribution is 2.23. The monoisotopic (exact) mass is 240 g/mol. The van der Waals surface area contributed by atoms with Gasteiger partial charge in [0.1, 0.15) is 11.2 Å². The van der Waals surface area contributed by atoms with E-state index in [0.29, 0.717) is 5.56 Å². The van der Waals surface area contributed by atoms with Crippen molar-refractivity contribution in [1.29, 1.82) is 0 Å². The summed E-state index contributed by atoms with van der Waals surface area (Å²) in [4.78, 5) is 26.3. The topological polar surface area (TPSA) is 79.3 Å². The van der Waals surface area contributed by atoms with Crippen molar-refractivity contribution in [2.24, 2.45) is 5.41 Å². The molecule has 0 bridgehead atoms. The SMILES string of the molecule is CNC(=O)C(C)(Cc1cncc(F)c1)C(=O)O. The van der Waals surface area contributed by atoms with Crippen molar-refractivity contribution in [2.45, 2.75) is 13.3 Å². The lowest BCUT2D eigenvalue weighted by atomic mass is 9.83. The van der Waals surface area contributed by atoms with Gasteiger partial charge in [-0.15, -0.1) is 0 Å². The number of nitrogens with one attached hydrogen (secondary N) is 1. The Balaban J connectivity index is 3.03. The van der Waals surface area contributed by atoms with E-state index in [4.69, 9.17) is 5.11 Å². The number of carbonyl (C=O) groups is 2. The van der Waals surface area contributed by atoms with E-state index in [1.165, 1.54) is 20.2 Å². The Morgan fingerprint density at radius 1 is 1.53 bits per heavy atom. The van der Waals surface area contributed by atoms with E-state index in [2.05, 4.69) is 10.3 Å². The van der Waals surface area contributed by atoms with Crippen LogP contribution in [0.25, 0.3) is 0 Å². The summed E-state index contributed by atoms with van der Waals surface area (Å²) in [5.41, 5.74) is -1.27. The highest BCUT2D eigenvalue weighted by atomic mass is 19.1. The summed E-state index contributed by atoms with van der Waals surface area (Å²) < 4.78 is 12.9. The number of nitrogens with zero attached hydrogens (tertiary/aromatic N) is 1. The van der Waals surface area contributed by atoms with Crippen LogP contribution in [0.5, 0.6) is 0 Å². The Kier molecular flexibility index (Phi) is 3.77. The Labute approximate surface area is 97.7 Å². The number of pyridine rings is 1. The van der Waals surface area contributed by atoms with Crippen LogP contribution in [0, 0.1) is 11.2 Å². The summed E-state index contributed by atoms with van der Waals surface area (Å²) in [5, 5.41) is 11.4. The average Bonchev–Trinajstić information content (AvgIpc) is 2.27. The van der Waals surface area contributed by atoms with Gasteiger partial charge in [0.15, 0.2) is 0 Å². The second-order valence-corrected chi connectivity index (χ2v) is 3.90. The number of hydrogen-bond acceptors (Lipinski definition) is 3. The maximum Gasteiger partial charge on any atom is 0.319 e. The van der Waals surface area contributed by atoms with Crippen LogP contribution in [-0.4, -0.2) is 29.0 Å². The van der Waals surface area contributed by atoms with E-state index in [1.54, 1.807) is 0 Å². The van der Waals surface area contributed by atoms with Crippen molar-refractivity contribution in [3.05, 3.63) is 29.8 Å². The molecular weight excluding hydrogens is 227 g/mol. The van der Waals surface area contributed by atoms with Crippen LogP contribution in [0.3, 0.4) is 0 Å². The number of hydrogen-bond donors (Lipinski definition) is 2. The van der Waals surface area contributed by atoms with Crippen molar-refractivity contribution in [2.75, 3.05) is 7.05 Å². The molecule has 1 aromatic heterocycles. The first-order valence-corrected chi connectivity index (χ1v) is 4.95. The molecule has 0 aliphatic carbocycles. The van der Waals surface area contributed by atoms with Crippen LogP contribution >= 0.6 is 0 Å². The van der Waals surface area contributed by atoms with Crippen molar-refractivity contribution in [3.8, 4) is 0 Å². The summed E-state index contributed by atoms with van der Waals surface area (Å²) in [6, 6.07) is 1.16. The van der Waals surface area contributed by atoms with E-state index in [1.807, 2.05) is 0 Å². The summed E-state index contributed by atoms with van der Waals surface area (Å²) in [7, 11) is 1.35. The van der Waals surface area contributed by atoms with Gasteiger partial charge in [0, 0.05) is 13.2 Å². The summed E-state index contributed by atoms with van der Waals surface area (Å²) in [6.07, 6.45) is 2.24. The second-order valence-electron chi connectivity index (χ2n) is 3.90. The van der Waals surface area contributed by atoms with Crippen LogP contribution in [0.1, 0.15) is 12.5 Å². The quantitative estimate of drug-likeness (QED) is 0.755. The van der Waals surface area contributed by atoms with Crippen LogP contribution in [0.2, 0.25) is 0 Å². The zero-order valence-corrected chi connectivity index (χ0v) is 9.53. The standard InChI is InChI=1S/C11H13FN2O3/c1-11(10(16)17,9(15)13-2)4-7-3-8(12)6-14-5-7/h3,5-6H,4H2,1-2H3,(H,13,15)(H,16,17). The van der Waals surface area contributed by atoms with Crippen LogP contribution in [0.4, 0.5) is 4.39 Å². The van der Waals surface area contributed by atoms with E-state index in [0.717, 1.165) is 12.3 Å². The molecule has 1 atom stereocenters. The first-order chi connectivity index (χ1) is 7.90. The Hall–Kier alpha value is -1.98. The zero-order chi connectivity index (χ0) is 13.1. The minimum Gasteiger partial charge on any atom is -0.480 e. The lowest BCUT2D eigenvalue weighted by molar-refractivity contribution is -0.154. The van der Waals surface area contributed by atoms with Gasteiger partial charge in [0.2, 0.25) is 5.91 Å². The fourth-order valence-corrected chi connectivity index (χ4v) is 1.49. The third-order valence-corrected chi connectivity index (χ3v) is 2.52. The number of aromatic nitrogens is 1. The predicted octanol–water partition coefficient (Wildman–Crippen LogP) is 0.600. The number of rotatable bonds is 4. The van der Waals surface area contributed by atoms with Gasteiger partial charge in [-0.3, -0.25) is 14.6 Å². The Bertz CT molecular complexity index is 450. The molecule has 2 N–H and O–H groups in total. The molecule has 0 aliphatic heterocycles. The maximum absolute atomic E-state index is 12.9. The van der Waals surface area contributed by atoms with Crippen molar-refractivity contribution in [3.63, 3.8) is 0 Å². The maximum atomic E-state index is 12.9. The summed E-state index contributed by atoms with van der Waals surface area (Å²) >= 11 is 0. The predicted molar refractivity (Wildman–Crippen MR) is 57.7 cm³/mol. The van der Waals surface area contributed by atoms with Gasteiger partial charge in [-0.2, -0.15) is 0 Å². The molecule has 1 unspecified atom stereocenters. The van der Waals surface area contributed by atoms with Gasteiger partial charge in [-0.25, -0.2) is 4.39 Å². The van der Waals surface area contributed by atoms with Gasteiger partial charge in [-0.1, -0.05) is 0 Å². The lowest BCUT2D eigenvalue weighted by Crippen LogP contribution is -2.44. The average molecular weight is 240 g/mol. The molecule has 17 heavy (non-hydrogen) atoms. The fourth-order valence-electron chi connectivity index (χ4n) is 1.49. The van der Waals surface area contributed by atoms with Crippen molar-refractivity contribution < 1.29 is 19.1 Å². The number of aliphatic carboxylic acids is 1. The molecule has 92 valence electrons. The molecule has 0 spiro atoms. The van der Waals surface area contributed by atoms with Gasteiger partial charge in [0.25, 0.3) is 0 Å². The zero-order valence-electron chi connectivity index (χ0n) is 9.53. The highest BCUT2D eigenvalue weighted by Gasteiger charge is 2.40. The normalized spacial score (nSPS) is 13.8. The van der Waals surface area contributed by atoms with E-state index in [9.17, 15) is 14.0 Å². The lowest BCUT2D eigenvalue weighted by Gasteiger charge is -2.22. The number of halogens is 1. The summed E-state index contributed by atoms with van der Waals surface area (Å²) in [5.74, 6) is -2.46. The third-order valence-electron chi connectivity index (χ3n) is 2.52. The molecule has 1 amide bonds. The Morgan fingerprint density at radius 3 is 2.65 bits per heavy atom. The van der Waals surface area contributed by atoms with Crippen molar-refractivity contribution >= 4 is 11.9 Å². The largest absolute Gasteiger partial charge is 0.480 e. The molecule has 1 rings (SSSR count). The highest BCUT2D eigenvalue weighted by molar-refractivity contribution is 6.01. The van der Waals surface area contributed by atoms with Gasteiger partial charge >= 0.3 is 5.97 Å². The second kappa shape index (κ2) is 4.90. The molecule has 0 fully saturated rings. The molecule has 0 saturated heterocycles. The minimum absolute atomic E-state index is 0.118. The molecule has 5 nitrogen and oxygen atoms in total. The molecule has 0 aromatic carbocycles. The van der Waals surface area contributed by atoms with E-state index in [-0.39, 0.29) is 6.42 Å². The first kappa shape index (κ1) is 13.1. The smallest absolute Gasteiger partial charge is 0.319 e. The van der Waals surface area contributed by atoms with Gasteiger partial charge in [-0.05, 0) is 25.0 Å². The van der Waals surface area contributed by atoms with E-state index < -0.39 is 23.1 Å². The Morgan fingerprint density at radius 2 is 2.18 bits per heavy atom. The van der Waals surface area contributed by atoms with E-state index >= 15 is 0 Å². The summed E-state index contributed by atoms with van der Waals surface area (Å²) in [6.45, 7) is 1.29. The van der Waals surface area contributed by atoms with Crippen LogP contribution < -0.4 is 5.32 Å².